The van der Waals surface area contributed by atoms with E-state index in [0.29, 0.717) is 23.0 Å². The van der Waals surface area contributed by atoms with Crippen molar-refractivity contribution in [2.24, 2.45) is 0 Å². The van der Waals surface area contributed by atoms with Gasteiger partial charge in [-0.3, -0.25) is 4.68 Å². The van der Waals surface area contributed by atoms with Gasteiger partial charge in [0, 0.05) is 13.3 Å². The number of ether oxygens (including phenoxy) is 1. The number of aromatic nitrogens is 2. The first-order valence-corrected chi connectivity index (χ1v) is 5.61. The maximum Gasteiger partial charge on any atom is 0.164 e. The molecule has 84 valence electrons. The van der Waals surface area contributed by atoms with E-state index < -0.39 is 0 Å². The van der Waals surface area contributed by atoms with E-state index in [4.69, 9.17) is 22.1 Å². The Bertz CT molecular complexity index is 320. The Morgan fingerprint density at radius 1 is 1.60 bits per heavy atom. The Hall–Kier alpha value is -0.740. The van der Waals surface area contributed by atoms with Crippen molar-refractivity contribution in [1.82, 2.24) is 9.78 Å². The van der Waals surface area contributed by atoms with Gasteiger partial charge in [0.2, 0.25) is 0 Å². The Morgan fingerprint density at radius 3 is 3.00 bits per heavy atom. The molecular formula is C10H16ClN3O. The second-order valence-corrected chi connectivity index (χ2v) is 4.43. The minimum Gasteiger partial charge on any atom is -0.381 e. The van der Waals surface area contributed by atoms with Crippen molar-refractivity contribution in [2.45, 2.75) is 37.8 Å². The van der Waals surface area contributed by atoms with E-state index in [1.54, 1.807) is 13.3 Å². The molecule has 2 atom stereocenters. The third-order valence-corrected chi connectivity index (χ3v) is 3.31. The first-order chi connectivity index (χ1) is 7.20. The van der Waals surface area contributed by atoms with Crippen molar-refractivity contribution >= 4 is 17.4 Å². The first-order valence-electron chi connectivity index (χ1n) is 5.23. The number of nitrogen functional groups attached to an aromatic ring is 1. The van der Waals surface area contributed by atoms with E-state index in [1.165, 1.54) is 6.42 Å². The van der Waals surface area contributed by atoms with Crippen LogP contribution >= 0.6 is 11.6 Å². The number of halogens is 1. The minimum atomic E-state index is 0.341. The maximum absolute atomic E-state index is 5.88. The molecular weight excluding hydrogens is 214 g/mol. The van der Waals surface area contributed by atoms with Crippen LogP contribution in [-0.4, -0.2) is 23.0 Å². The summed E-state index contributed by atoms with van der Waals surface area (Å²) < 4.78 is 7.25. The van der Waals surface area contributed by atoms with Gasteiger partial charge in [-0.1, -0.05) is 11.6 Å². The van der Waals surface area contributed by atoms with Gasteiger partial charge in [-0.2, -0.15) is 5.10 Å². The van der Waals surface area contributed by atoms with Crippen LogP contribution in [0.25, 0.3) is 0 Å². The molecule has 1 aliphatic carbocycles. The third-order valence-electron chi connectivity index (χ3n) is 3.02. The van der Waals surface area contributed by atoms with Gasteiger partial charge in [-0.15, -0.1) is 0 Å². The molecule has 0 radical (unpaired) electrons. The van der Waals surface area contributed by atoms with Gasteiger partial charge in [-0.25, -0.2) is 0 Å². The van der Waals surface area contributed by atoms with Gasteiger partial charge in [-0.05, 0) is 25.7 Å². The first kappa shape index (κ1) is 10.8. The lowest BCUT2D eigenvalue weighted by Gasteiger charge is -2.28. The highest BCUT2D eigenvalue weighted by Crippen LogP contribution is 2.31. The number of nitrogens with zero attached hydrogens (tertiary/aromatic N) is 2. The molecule has 1 aromatic rings. The summed E-state index contributed by atoms with van der Waals surface area (Å²) in [6, 6.07) is 0.374. The van der Waals surface area contributed by atoms with Gasteiger partial charge in [0.25, 0.3) is 0 Å². The fourth-order valence-electron chi connectivity index (χ4n) is 2.15. The van der Waals surface area contributed by atoms with Crippen LogP contribution in [-0.2, 0) is 4.74 Å². The second kappa shape index (κ2) is 4.41. The van der Waals surface area contributed by atoms with Crippen LogP contribution in [0.15, 0.2) is 6.20 Å². The predicted octanol–water partition coefficient (Wildman–Crippen LogP) is 2.25. The molecule has 1 heterocycles. The van der Waals surface area contributed by atoms with E-state index in [2.05, 4.69) is 5.10 Å². The van der Waals surface area contributed by atoms with Crippen molar-refractivity contribution in [3.63, 3.8) is 0 Å². The summed E-state index contributed by atoms with van der Waals surface area (Å²) in [6.45, 7) is 0. The molecule has 0 bridgehead atoms. The number of hydrogen-bond donors (Lipinski definition) is 1. The van der Waals surface area contributed by atoms with Crippen molar-refractivity contribution in [2.75, 3.05) is 12.8 Å². The normalized spacial score (nSPS) is 26.8. The third kappa shape index (κ3) is 2.26. The van der Waals surface area contributed by atoms with Gasteiger partial charge in [0.15, 0.2) is 5.82 Å². The Kier molecular flexibility index (Phi) is 3.17. The predicted molar refractivity (Wildman–Crippen MR) is 60.0 cm³/mol. The lowest BCUT2D eigenvalue weighted by atomic mass is 9.93. The van der Waals surface area contributed by atoms with Crippen LogP contribution in [0, 0.1) is 0 Å². The van der Waals surface area contributed by atoms with Crippen molar-refractivity contribution in [3.8, 4) is 0 Å². The molecule has 0 aromatic carbocycles. The smallest absolute Gasteiger partial charge is 0.164 e. The number of hydrogen-bond acceptors (Lipinski definition) is 3. The topological polar surface area (TPSA) is 53.1 Å². The summed E-state index contributed by atoms with van der Waals surface area (Å²) in [6.07, 6.45) is 6.57. The summed E-state index contributed by atoms with van der Waals surface area (Å²) in [7, 11) is 1.76. The largest absolute Gasteiger partial charge is 0.381 e. The van der Waals surface area contributed by atoms with Crippen LogP contribution in [0.4, 0.5) is 5.82 Å². The quantitative estimate of drug-likeness (QED) is 0.846. The second-order valence-electron chi connectivity index (χ2n) is 4.02. The molecule has 15 heavy (non-hydrogen) atoms. The van der Waals surface area contributed by atoms with Crippen LogP contribution in [0.5, 0.6) is 0 Å². The van der Waals surface area contributed by atoms with Crippen molar-refractivity contribution in [1.29, 1.82) is 0 Å². The zero-order valence-electron chi connectivity index (χ0n) is 8.82. The molecule has 1 saturated carbocycles. The number of methoxy groups -OCH3 is 1. The van der Waals surface area contributed by atoms with Crippen LogP contribution in [0.2, 0.25) is 5.02 Å². The molecule has 2 rings (SSSR count). The summed E-state index contributed by atoms with van der Waals surface area (Å²) in [5, 5.41) is 4.75. The highest BCUT2D eigenvalue weighted by atomic mass is 35.5. The Labute approximate surface area is 94.3 Å². The van der Waals surface area contributed by atoms with Gasteiger partial charge >= 0.3 is 0 Å². The molecule has 0 amide bonds. The summed E-state index contributed by atoms with van der Waals surface area (Å²) in [5.41, 5.74) is 5.62. The fourth-order valence-corrected chi connectivity index (χ4v) is 2.28. The van der Waals surface area contributed by atoms with Crippen molar-refractivity contribution < 1.29 is 4.74 Å². The highest BCUT2D eigenvalue weighted by Gasteiger charge is 2.24. The highest BCUT2D eigenvalue weighted by molar-refractivity contribution is 6.32. The summed E-state index contributed by atoms with van der Waals surface area (Å²) in [4.78, 5) is 0. The van der Waals surface area contributed by atoms with Crippen LogP contribution < -0.4 is 5.73 Å². The number of rotatable bonds is 2. The number of nitrogens with two attached hydrogens (primary N) is 1. The monoisotopic (exact) mass is 229 g/mol. The molecule has 5 heteroatoms. The molecule has 2 unspecified atom stereocenters. The molecule has 4 nitrogen and oxygen atoms in total. The molecule has 0 spiro atoms. The van der Waals surface area contributed by atoms with E-state index in [1.807, 2.05) is 4.68 Å². The molecule has 0 aliphatic heterocycles. The fraction of sp³-hybridized carbons (Fsp3) is 0.700. The minimum absolute atomic E-state index is 0.341. The molecule has 1 aliphatic rings. The maximum atomic E-state index is 5.88. The van der Waals surface area contributed by atoms with Crippen molar-refractivity contribution in [3.05, 3.63) is 11.2 Å². The molecule has 1 fully saturated rings. The summed E-state index contributed by atoms with van der Waals surface area (Å²) in [5.74, 6) is 0.413. The lowest BCUT2D eigenvalue weighted by Crippen LogP contribution is -2.24. The van der Waals surface area contributed by atoms with Gasteiger partial charge in [0.1, 0.15) is 5.02 Å². The zero-order valence-corrected chi connectivity index (χ0v) is 9.57. The van der Waals surface area contributed by atoms with Gasteiger partial charge in [0.05, 0.1) is 12.1 Å². The molecule has 2 N–H and O–H groups in total. The average Bonchev–Trinajstić information content (AvgIpc) is 2.59. The zero-order chi connectivity index (χ0) is 10.8. The lowest BCUT2D eigenvalue weighted by molar-refractivity contribution is 0.0508. The van der Waals surface area contributed by atoms with Crippen LogP contribution in [0.3, 0.4) is 0 Å². The Balaban J connectivity index is 2.09. The van der Waals surface area contributed by atoms with E-state index >= 15 is 0 Å². The van der Waals surface area contributed by atoms with Gasteiger partial charge < -0.3 is 10.5 Å². The SMILES string of the molecule is COC1CCCC(n2cc(Cl)c(N)n2)C1. The molecule has 0 saturated heterocycles. The van der Waals surface area contributed by atoms with E-state index in [9.17, 15) is 0 Å². The summed E-state index contributed by atoms with van der Waals surface area (Å²) >= 11 is 5.88. The standard InChI is InChI=1S/C10H16ClN3O/c1-15-8-4-2-3-7(5-8)14-6-9(11)10(12)13-14/h6-8H,2-5H2,1H3,(H2,12,13). The van der Waals surface area contributed by atoms with E-state index in [0.717, 1.165) is 19.3 Å². The Morgan fingerprint density at radius 2 is 2.40 bits per heavy atom. The average molecular weight is 230 g/mol. The number of anilines is 1. The van der Waals surface area contributed by atoms with Crippen LogP contribution in [0.1, 0.15) is 31.7 Å². The van der Waals surface area contributed by atoms with E-state index in [-0.39, 0.29) is 0 Å². The molecule has 1 aromatic heterocycles.